The maximum absolute atomic E-state index is 14.0. The lowest BCUT2D eigenvalue weighted by atomic mass is 10.1. The number of hydrogen-bond donors (Lipinski definition) is 1. The third kappa shape index (κ3) is 1.49. The van der Waals surface area contributed by atoms with Gasteiger partial charge in [0.2, 0.25) is 12.7 Å². The van der Waals surface area contributed by atoms with Crippen LogP contribution in [-0.4, -0.2) is 11.9 Å². The normalized spacial score (nSPS) is 13.1. The van der Waals surface area contributed by atoms with E-state index in [4.69, 9.17) is 26.8 Å². The van der Waals surface area contributed by atoms with E-state index < -0.39 is 5.82 Å². The molecule has 0 atom stereocenters. The van der Waals surface area contributed by atoms with E-state index in [1.807, 2.05) is 0 Å². The van der Waals surface area contributed by atoms with Gasteiger partial charge in [-0.15, -0.1) is 0 Å². The molecule has 0 saturated heterocycles. The molecule has 1 aliphatic heterocycles. The van der Waals surface area contributed by atoms with Crippen molar-refractivity contribution in [1.29, 1.82) is 0 Å². The largest absolute Gasteiger partial charge is 0.454 e. The Kier molecular flexibility index (Phi) is 2.12. The lowest BCUT2D eigenvalue weighted by Crippen LogP contribution is -1.93. The summed E-state index contributed by atoms with van der Waals surface area (Å²) in [7, 11) is 0. The van der Waals surface area contributed by atoms with Crippen LogP contribution in [-0.2, 0) is 0 Å². The first-order valence-electron chi connectivity index (χ1n) is 4.67. The van der Waals surface area contributed by atoms with E-state index >= 15 is 0 Å². The molecule has 2 aromatic rings. The van der Waals surface area contributed by atoms with Crippen LogP contribution in [0, 0.1) is 5.82 Å². The summed E-state index contributed by atoms with van der Waals surface area (Å²) < 4.78 is 28.8. The molecule has 2 N–H and O–H groups in total. The zero-order chi connectivity index (χ0) is 12.0. The molecule has 0 aliphatic carbocycles. The van der Waals surface area contributed by atoms with Crippen molar-refractivity contribution in [3.8, 4) is 22.8 Å². The topological polar surface area (TPSA) is 70.5 Å². The Morgan fingerprint density at radius 1 is 1.35 bits per heavy atom. The van der Waals surface area contributed by atoms with Crippen LogP contribution in [0.5, 0.6) is 11.5 Å². The van der Waals surface area contributed by atoms with Crippen LogP contribution in [0.1, 0.15) is 0 Å². The molecule has 0 unspecified atom stereocenters. The van der Waals surface area contributed by atoms with E-state index in [1.54, 1.807) is 0 Å². The zero-order valence-corrected chi connectivity index (χ0v) is 9.12. The minimum Gasteiger partial charge on any atom is -0.454 e. The van der Waals surface area contributed by atoms with Crippen molar-refractivity contribution in [2.45, 2.75) is 0 Å². The Morgan fingerprint density at radius 3 is 2.88 bits per heavy atom. The van der Waals surface area contributed by atoms with Crippen molar-refractivity contribution in [2.24, 2.45) is 0 Å². The van der Waals surface area contributed by atoms with Gasteiger partial charge in [-0.3, -0.25) is 0 Å². The minimum absolute atomic E-state index is 0.0128. The highest BCUT2D eigenvalue weighted by Crippen LogP contribution is 2.44. The number of hydrogen-bond acceptors (Lipinski definition) is 5. The summed E-state index contributed by atoms with van der Waals surface area (Å²) in [5, 5.41) is 3.48. The fourth-order valence-electron chi connectivity index (χ4n) is 1.58. The molecule has 0 bridgehead atoms. The maximum Gasteiger partial charge on any atom is 0.231 e. The van der Waals surface area contributed by atoms with Gasteiger partial charge in [0.05, 0.1) is 0 Å². The Labute approximate surface area is 99.8 Å². The number of anilines is 1. The maximum atomic E-state index is 14.0. The van der Waals surface area contributed by atoms with Gasteiger partial charge in [0.1, 0.15) is 10.7 Å². The van der Waals surface area contributed by atoms with E-state index in [-0.39, 0.29) is 34.7 Å². The van der Waals surface area contributed by atoms with Crippen LogP contribution < -0.4 is 15.2 Å². The number of ether oxygens (including phenoxy) is 2. The van der Waals surface area contributed by atoms with E-state index in [2.05, 4.69) is 9.68 Å². The Balaban J connectivity index is 2.21. The predicted octanol–water partition coefficient (Wildman–Crippen LogP) is 2.45. The summed E-state index contributed by atoms with van der Waals surface area (Å²) in [6.45, 7) is 0.0128. The van der Waals surface area contributed by atoms with Crippen molar-refractivity contribution in [3.05, 3.63) is 23.0 Å². The Bertz CT molecular complexity index is 599. The number of halogens is 2. The number of fused-ring (bicyclic) bond motifs is 1. The highest BCUT2D eigenvalue weighted by molar-refractivity contribution is 6.32. The molecule has 1 aromatic carbocycles. The molecule has 0 fully saturated rings. The average Bonchev–Trinajstić information content (AvgIpc) is 2.91. The van der Waals surface area contributed by atoms with Gasteiger partial charge < -0.3 is 19.7 Å². The first kappa shape index (κ1) is 10.2. The van der Waals surface area contributed by atoms with Gasteiger partial charge in [0.25, 0.3) is 0 Å². The fourth-order valence-corrected chi connectivity index (χ4v) is 1.83. The summed E-state index contributed by atoms with van der Waals surface area (Å²) >= 11 is 5.83. The van der Waals surface area contributed by atoms with E-state index in [9.17, 15) is 4.39 Å². The van der Waals surface area contributed by atoms with Gasteiger partial charge >= 0.3 is 0 Å². The number of rotatable bonds is 1. The number of nitrogens with two attached hydrogens (primary N) is 1. The molecule has 1 aromatic heterocycles. The van der Waals surface area contributed by atoms with Crippen LogP contribution >= 0.6 is 11.6 Å². The van der Waals surface area contributed by atoms with Crippen LogP contribution in [0.15, 0.2) is 16.7 Å². The molecule has 17 heavy (non-hydrogen) atoms. The van der Waals surface area contributed by atoms with Gasteiger partial charge in [-0.1, -0.05) is 16.8 Å². The second-order valence-electron chi connectivity index (χ2n) is 3.40. The first-order valence-corrected chi connectivity index (χ1v) is 5.05. The molecule has 0 saturated carbocycles. The Hall–Kier alpha value is -1.95. The van der Waals surface area contributed by atoms with Crippen molar-refractivity contribution in [2.75, 3.05) is 12.5 Å². The van der Waals surface area contributed by atoms with Crippen molar-refractivity contribution >= 4 is 17.5 Å². The third-order valence-corrected chi connectivity index (χ3v) is 2.69. The summed E-state index contributed by atoms with van der Waals surface area (Å²) in [5.74, 6) is 0.00904. The fraction of sp³-hybridized carbons (Fsp3) is 0.100. The lowest BCUT2D eigenvalue weighted by Gasteiger charge is -2.04. The van der Waals surface area contributed by atoms with Crippen LogP contribution in [0.4, 0.5) is 10.3 Å². The standard InChI is InChI=1S/C10H6ClFN2O3/c11-8-9(12)4(5-2-7(13)17-14-5)1-6-10(8)16-3-15-6/h1-2H,3,13H2. The monoisotopic (exact) mass is 256 g/mol. The SMILES string of the molecule is Nc1cc(-c2cc3c(c(Cl)c2F)OCO3)no1. The van der Waals surface area contributed by atoms with Crippen molar-refractivity contribution < 1.29 is 18.4 Å². The van der Waals surface area contributed by atoms with Crippen LogP contribution in [0.25, 0.3) is 11.3 Å². The molecule has 2 heterocycles. The number of aromatic nitrogens is 1. The minimum atomic E-state index is -0.649. The molecular formula is C10H6ClFN2O3. The number of nitrogens with zero attached hydrogens (tertiary/aromatic N) is 1. The van der Waals surface area contributed by atoms with Gasteiger partial charge in [-0.2, -0.15) is 0 Å². The van der Waals surface area contributed by atoms with Gasteiger partial charge in [0, 0.05) is 11.6 Å². The highest BCUT2D eigenvalue weighted by atomic mass is 35.5. The second-order valence-corrected chi connectivity index (χ2v) is 3.78. The highest BCUT2D eigenvalue weighted by Gasteiger charge is 2.25. The molecule has 5 nitrogen and oxygen atoms in total. The molecule has 7 heteroatoms. The van der Waals surface area contributed by atoms with E-state index in [0.29, 0.717) is 5.75 Å². The summed E-state index contributed by atoms with van der Waals surface area (Å²) in [6.07, 6.45) is 0. The zero-order valence-electron chi connectivity index (χ0n) is 8.37. The second kappa shape index (κ2) is 3.53. The van der Waals surface area contributed by atoms with Crippen molar-refractivity contribution in [1.82, 2.24) is 5.16 Å². The molecule has 3 rings (SSSR count). The first-order chi connectivity index (χ1) is 8.16. The molecule has 1 aliphatic rings. The Morgan fingerprint density at radius 2 is 2.18 bits per heavy atom. The summed E-state index contributed by atoms with van der Waals surface area (Å²) in [5.41, 5.74) is 5.78. The van der Waals surface area contributed by atoms with E-state index in [1.165, 1.54) is 12.1 Å². The molecule has 88 valence electrons. The summed E-state index contributed by atoms with van der Waals surface area (Å²) in [6, 6.07) is 2.85. The smallest absolute Gasteiger partial charge is 0.231 e. The third-order valence-electron chi connectivity index (χ3n) is 2.35. The van der Waals surface area contributed by atoms with E-state index in [0.717, 1.165) is 0 Å². The molecule has 0 spiro atoms. The van der Waals surface area contributed by atoms with Crippen molar-refractivity contribution in [3.63, 3.8) is 0 Å². The number of nitrogen functional groups attached to an aromatic ring is 1. The molecular weight excluding hydrogens is 251 g/mol. The quantitative estimate of drug-likeness (QED) is 0.849. The van der Waals surface area contributed by atoms with Gasteiger partial charge in [-0.25, -0.2) is 4.39 Å². The van der Waals surface area contributed by atoms with Crippen LogP contribution in [0.3, 0.4) is 0 Å². The number of benzene rings is 1. The van der Waals surface area contributed by atoms with Crippen LogP contribution in [0.2, 0.25) is 5.02 Å². The molecule has 0 amide bonds. The lowest BCUT2D eigenvalue weighted by molar-refractivity contribution is 0.174. The molecule has 0 radical (unpaired) electrons. The summed E-state index contributed by atoms with van der Waals surface area (Å²) in [4.78, 5) is 0. The average molecular weight is 257 g/mol. The predicted molar refractivity (Wildman–Crippen MR) is 57.4 cm³/mol. The van der Waals surface area contributed by atoms with Gasteiger partial charge in [0.15, 0.2) is 17.3 Å². The van der Waals surface area contributed by atoms with Gasteiger partial charge in [-0.05, 0) is 6.07 Å².